The lowest BCUT2D eigenvalue weighted by molar-refractivity contribution is -0.117. The zero-order chi connectivity index (χ0) is 20.6. The third-order valence-corrected chi connectivity index (χ3v) is 5.52. The Kier molecular flexibility index (Phi) is 7.67. The lowest BCUT2D eigenvalue weighted by atomic mass is 10.2. The van der Waals surface area contributed by atoms with Crippen molar-refractivity contribution < 1.29 is 4.79 Å². The Morgan fingerprint density at radius 2 is 1.59 bits per heavy atom. The topological polar surface area (TPSA) is 38.8 Å². The molecule has 1 aliphatic rings. The largest absolute Gasteiger partial charge is 0.378 e. The first-order valence-electron chi connectivity index (χ1n) is 10.6. The molecule has 0 saturated carbocycles. The van der Waals surface area contributed by atoms with E-state index in [0.29, 0.717) is 6.54 Å². The van der Waals surface area contributed by atoms with Gasteiger partial charge >= 0.3 is 0 Å². The van der Waals surface area contributed by atoms with Gasteiger partial charge in [0.25, 0.3) is 0 Å². The van der Waals surface area contributed by atoms with Crippen molar-refractivity contribution in [2.75, 3.05) is 50.5 Å². The van der Waals surface area contributed by atoms with Crippen molar-refractivity contribution in [3.05, 3.63) is 59.7 Å². The quantitative estimate of drug-likeness (QED) is 0.702. The fourth-order valence-electron chi connectivity index (χ4n) is 3.73. The third-order valence-electron chi connectivity index (χ3n) is 5.52. The number of hydrogen-bond donors (Lipinski definition) is 1. The average Bonchev–Trinajstić information content (AvgIpc) is 3.22. The Bertz CT molecular complexity index is 764. The van der Waals surface area contributed by atoms with Crippen LogP contribution >= 0.6 is 0 Å². The van der Waals surface area contributed by atoms with E-state index in [1.807, 2.05) is 26.2 Å². The molecule has 2 aromatic carbocycles. The SMILES string of the molecule is CCN(CC(=O)Nc1ccc(CN2CCCC2)cc1)Cc1ccc(N(C)C)cc1. The van der Waals surface area contributed by atoms with E-state index < -0.39 is 0 Å². The van der Waals surface area contributed by atoms with Gasteiger partial charge in [0.15, 0.2) is 0 Å². The minimum atomic E-state index is 0.0315. The standard InChI is InChI=1S/C24H34N4O/c1-4-27(17-21-9-13-23(14-10-21)26(2)3)19-24(29)25-22-11-7-20(8-12-22)18-28-15-5-6-16-28/h7-14H,4-6,15-19H2,1-3H3,(H,25,29). The van der Waals surface area contributed by atoms with Gasteiger partial charge in [0.1, 0.15) is 0 Å². The first-order chi connectivity index (χ1) is 14.0. The predicted molar refractivity (Wildman–Crippen MR) is 121 cm³/mol. The molecule has 0 aromatic heterocycles. The third kappa shape index (κ3) is 6.58. The summed E-state index contributed by atoms with van der Waals surface area (Å²) in [5.74, 6) is 0.0315. The summed E-state index contributed by atoms with van der Waals surface area (Å²) in [6.07, 6.45) is 2.61. The van der Waals surface area contributed by atoms with Crippen LogP contribution in [0.5, 0.6) is 0 Å². The molecular formula is C24H34N4O. The highest BCUT2D eigenvalue weighted by molar-refractivity contribution is 5.92. The number of amides is 1. The molecule has 1 saturated heterocycles. The summed E-state index contributed by atoms with van der Waals surface area (Å²) in [6, 6.07) is 16.8. The highest BCUT2D eigenvalue weighted by atomic mass is 16.2. The zero-order valence-electron chi connectivity index (χ0n) is 18.0. The fourth-order valence-corrected chi connectivity index (χ4v) is 3.73. The summed E-state index contributed by atoms with van der Waals surface area (Å²) in [5, 5.41) is 3.04. The number of likely N-dealkylation sites (tertiary alicyclic amines) is 1. The van der Waals surface area contributed by atoms with E-state index in [2.05, 4.69) is 63.3 Å². The Morgan fingerprint density at radius 1 is 0.966 bits per heavy atom. The minimum absolute atomic E-state index is 0.0315. The number of nitrogens with one attached hydrogen (secondary N) is 1. The Labute approximate surface area is 175 Å². The number of carbonyl (C=O) groups is 1. The number of rotatable bonds is 9. The summed E-state index contributed by atoms with van der Waals surface area (Å²) in [6.45, 7) is 7.48. The van der Waals surface area contributed by atoms with Gasteiger partial charge in [0.2, 0.25) is 5.91 Å². The van der Waals surface area contributed by atoms with Crippen LogP contribution in [0.2, 0.25) is 0 Å². The second kappa shape index (κ2) is 10.4. The maximum atomic E-state index is 12.5. The molecule has 0 radical (unpaired) electrons. The van der Waals surface area contributed by atoms with Crippen LogP contribution in [0, 0.1) is 0 Å². The zero-order valence-corrected chi connectivity index (χ0v) is 18.0. The molecule has 5 nitrogen and oxygen atoms in total. The molecule has 1 heterocycles. The summed E-state index contributed by atoms with van der Waals surface area (Å²) in [5.41, 5.74) is 4.58. The number of likely N-dealkylation sites (N-methyl/N-ethyl adjacent to an activating group) is 1. The van der Waals surface area contributed by atoms with Gasteiger partial charge in [-0.3, -0.25) is 14.6 Å². The lowest BCUT2D eigenvalue weighted by Gasteiger charge is -2.21. The van der Waals surface area contributed by atoms with Crippen molar-refractivity contribution in [1.82, 2.24) is 9.80 Å². The molecule has 2 aromatic rings. The monoisotopic (exact) mass is 394 g/mol. The van der Waals surface area contributed by atoms with Crippen molar-refractivity contribution in [3.8, 4) is 0 Å². The number of benzene rings is 2. The summed E-state index contributed by atoms with van der Waals surface area (Å²) in [4.78, 5) is 19.2. The Balaban J connectivity index is 1.48. The fraction of sp³-hybridized carbons (Fsp3) is 0.458. The molecule has 0 spiro atoms. The Morgan fingerprint density at radius 3 is 2.17 bits per heavy atom. The summed E-state index contributed by atoms with van der Waals surface area (Å²) in [7, 11) is 4.08. The van der Waals surface area contributed by atoms with Crippen LogP contribution in [-0.2, 0) is 17.9 Å². The van der Waals surface area contributed by atoms with E-state index in [1.165, 1.54) is 42.7 Å². The van der Waals surface area contributed by atoms with Crippen LogP contribution in [0.15, 0.2) is 48.5 Å². The second-order valence-corrected chi connectivity index (χ2v) is 8.09. The molecule has 5 heteroatoms. The molecule has 0 atom stereocenters. The normalized spacial score (nSPS) is 14.3. The molecular weight excluding hydrogens is 360 g/mol. The molecule has 29 heavy (non-hydrogen) atoms. The van der Waals surface area contributed by atoms with Gasteiger partial charge in [0.05, 0.1) is 6.54 Å². The van der Waals surface area contributed by atoms with Crippen molar-refractivity contribution >= 4 is 17.3 Å². The number of anilines is 2. The molecule has 1 N–H and O–H groups in total. The van der Waals surface area contributed by atoms with Crippen molar-refractivity contribution in [3.63, 3.8) is 0 Å². The minimum Gasteiger partial charge on any atom is -0.378 e. The van der Waals surface area contributed by atoms with Crippen molar-refractivity contribution in [2.45, 2.75) is 32.9 Å². The van der Waals surface area contributed by atoms with Gasteiger partial charge in [-0.2, -0.15) is 0 Å². The van der Waals surface area contributed by atoms with Gasteiger partial charge in [-0.25, -0.2) is 0 Å². The molecule has 0 unspecified atom stereocenters. The molecule has 1 amide bonds. The molecule has 0 aliphatic carbocycles. The van der Waals surface area contributed by atoms with Crippen LogP contribution in [0.25, 0.3) is 0 Å². The smallest absolute Gasteiger partial charge is 0.238 e. The van der Waals surface area contributed by atoms with Crippen LogP contribution in [0.4, 0.5) is 11.4 Å². The molecule has 1 aliphatic heterocycles. The highest BCUT2D eigenvalue weighted by Crippen LogP contribution is 2.16. The van der Waals surface area contributed by atoms with Crippen molar-refractivity contribution in [1.29, 1.82) is 0 Å². The number of nitrogens with zero attached hydrogens (tertiary/aromatic N) is 3. The van der Waals surface area contributed by atoms with E-state index in [1.54, 1.807) is 0 Å². The van der Waals surface area contributed by atoms with Gasteiger partial charge in [-0.1, -0.05) is 31.2 Å². The predicted octanol–water partition coefficient (Wildman–Crippen LogP) is 3.81. The molecule has 3 rings (SSSR count). The van der Waals surface area contributed by atoms with Gasteiger partial charge in [0, 0.05) is 38.6 Å². The van der Waals surface area contributed by atoms with Gasteiger partial charge in [-0.15, -0.1) is 0 Å². The lowest BCUT2D eigenvalue weighted by Crippen LogP contribution is -2.32. The summed E-state index contributed by atoms with van der Waals surface area (Å²) >= 11 is 0. The van der Waals surface area contributed by atoms with Gasteiger partial charge in [-0.05, 0) is 67.9 Å². The van der Waals surface area contributed by atoms with E-state index in [9.17, 15) is 4.79 Å². The first kappa shape index (κ1) is 21.3. The molecule has 156 valence electrons. The van der Waals surface area contributed by atoms with E-state index in [-0.39, 0.29) is 5.91 Å². The first-order valence-corrected chi connectivity index (χ1v) is 10.6. The number of hydrogen-bond acceptors (Lipinski definition) is 4. The van der Waals surface area contributed by atoms with E-state index in [4.69, 9.17) is 0 Å². The maximum absolute atomic E-state index is 12.5. The highest BCUT2D eigenvalue weighted by Gasteiger charge is 2.13. The molecule has 1 fully saturated rings. The average molecular weight is 395 g/mol. The number of carbonyl (C=O) groups excluding carboxylic acids is 1. The van der Waals surface area contributed by atoms with Crippen LogP contribution in [-0.4, -0.2) is 56.0 Å². The maximum Gasteiger partial charge on any atom is 0.238 e. The summed E-state index contributed by atoms with van der Waals surface area (Å²) < 4.78 is 0. The van der Waals surface area contributed by atoms with Crippen LogP contribution < -0.4 is 10.2 Å². The van der Waals surface area contributed by atoms with E-state index in [0.717, 1.165) is 25.3 Å². The van der Waals surface area contributed by atoms with E-state index >= 15 is 0 Å². The Hall–Kier alpha value is -2.37. The molecule has 0 bridgehead atoms. The second-order valence-electron chi connectivity index (χ2n) is 8.09. The van der Waals surface area contributed by atoms with Crippen LogP contribution in [0.3, 0.4) is 0 Å². The van der Waals surface area contributed by atoms with Crippen molar-refractivity contribution in [2.24, 2.45) is 0 Å². The van der Waals surface area contributed by atoms with Gasteiger partial charge < -0.3 is 10.2 Å². The van der Waals surface area contributed by atoms with Crippen LogP contribution in [0.1, 0.15) is 30.9 Å².